The van der Waals surface area contributed by atoms with Crippen LogP contribution >= 0.6 is 0 Å². The lowest BCUT2D eigenvalue weighted by Gasteiger charge is -2.24. The van der Waals surface area contributed by atoms with E-state index in [1.54, 1.807) is 16.9 Å². The van der Waals surface area contributed by atoms with E-state index in [1.807, 2.05) is 55.5 Å². The Morgan fingerprint density at radius 2 is 1.85 bits per heavy atom. The first-order valence-electron chi connectivity index (χ1n) is 9.03. The van der Waals surface area contributed by atoms with Crippen molar-refractivity contribution in [1.82, 2.24) is 0 Å². The highest BCUT2D eigenvalue weighted by Crippen LogP contribution is 2.33. The molecule has 1 aliphatic rings. The van der Waals surface area contributed by atoms with Crippen LogP contribution in [0.5, 0.6) is 11.5 Å². The lowest BCUT2D eigenvalue weighted by molar-refractivity contribution is -0.121. The predicted octanol–water partition coefficient (Wildman–Crippen LogP) is 3.11. The van der Waals surface area contributed by atoms with Gasteiger partial charge in [0.15, 0.2) is 0 Å². The zero-order chi connectivity index (χ0) is 19.2. The van der Waals surface area contributed by atoms with Crippen molar-refractivity contribution in [3.8, 4) is 11.5 Å². The Morgan fingerprint density at radius 3 is 2.59 bits per heavy atom. The molecule has 0 radical (unpaired) electrons. The molecule has 0 aliphatic carbocycles. The van der Waals surface area contributed by atoms with Gasteiger partial charge in [-0.25, -0.2) is 0 Å². The molecular formula is C21H24N2O4. The van der Waals surface area contributed by atoms with Crippen molar-refractivity contribution in [1.29, 1.82) is 0 Å². The predicted molar refractivity (Wildman–Crippen MR) is 104 cm³/mol. The van der Waals surface area contributed by atoms with Gasteiger partial charge in [0.25, 0.3) is 0 Å². The van der Waals surface area contributed by atoms with E-state index in [0.717, 1.165) is 29.3 Å². The molecule has 0 fully saturated rings. The molecule has 0 spiro atoms. The minimum atomic E-state index is -0.262. The quantitative estimate of drug-likeness (QED) is 0.557. The molecule has 1 atom stereocenters. The van der Waals surface area contributed by atoms with E-state index in [1.165, 1.54) is 0 Å². The molecule has 1 aliphatic heterocycles. The van der Waals surface area contributed by atoms with Gasteiger partial charge in [0.1, 0.15) is 11.5 Å². The van der Waals surface area contributed by atoms with Crippen LogP contribution in [0.25, 0.3) is 0 Å². The van der Waals surface area contributed by atoms with E-state index >= 15 is 0 Å². The largest absolute Gasteiger partial charge is 0.497 e. The van der Waals surface area contributed by atoms with Gasteiger partial charge in [0.2, 0.25) is 12.3 Å². The lowest BCUT2D eigenvalue weighted by Crippen LogP contribution is -2.37. The second-order valence-corrected chi connectivity index (χ2v) is 6.52. The zero-order valence-electron chi connectivity index (χ0n) is 15.6. The molecule has 1 heterocycles. The van der Waals surface area contributed by atoms with Crippen LogP contribution in [-0.4, -0.2) is 39.1 Å². The standard InChI is InChI=1S/C21H24N2O4/c1-16-14-22(15-24)19-9-3-4-10-20(19)23(21(16)25)11-6-12-27-18-8-5-7-17(13-18)26-2/h3-5,7-10,13,15-16H,6,11-12,14H2,1-2H3. The summed E-state index contributed by atoms with van der Waals surface area (Å²) in [6.07, 6.45) is 1.46. The van der Waals surface area contributed by atoms with Crippen molar-refractivity contribution in [3.05, 3.63) is 48.5 Å². The molecule has 3 rings (SSSR count). The van der Waals surface area contributed by atoms with Crippen molar-refractivity contribution >= 4 is 23.7 Å². The second-order valence-electron chi connectivity index (χ2n) is 6.52. The number of anilines is 2. The minimum Gasteiger partial charge on any atom is -0.497 e. The van der Waals surface area contributed by atoms with E-state index < -0.39 is 0 Å². The fourth-order valence-electron chi connectivity index (χ4n) is 3.23. The molecule has 6 nitrogen and oxygen atoms in total. The molecule has 0 N–H and O–H groups in total. The van der Waals surface area contributed by atoms with Gasteiger partial charge >= 0.3 is 0 Å². The van der Waals surface area contributed by atoms with Gasteiger partial charge in [-0.3, -0.25) is 9.59 Å². The van der Waals surface area contributed by atoms with E-state index in [2.05, 4.69) is 0 Å². The van der Waals surface area contributed by atoms with E-state index in [-0.39, 0.29) is 11.8 Å². The van der Waals surface area contributed by atoms with Crippen LogP contribution in [0.15, 0.2) is 48.5 Å². The first kappa shape index (κ1) is 18.8. The van der Waals surface area contributed by atoms with E-state index in [0.29, 0.717) is 26.1 Å². The van der Waals surface area contributed by atoms with Crippen molar-refractivity contribution in [2.45, 2.75) is 13.3 Å². The monoisotopic (exact) mass is 368 g/mol. The maximum atomic E-state index is 12.8. The first-order valence-corrected chi connectivity index (χ1v) is 9.03. The summed E-state index contributed by atoms with van der Waals surface area (Å²) in [5, 5.41) is 0. The number of hydrogen-bond donors (Lipinski definition) is 0. The average Bonchev–Trinajstić information content (AvgIpc) is 2.81. The zero-order valence-corrected chi connectivity index (χ0v) is 15.6. The Bertz CT molecular complexity index is 808. The van der Waals surface area contributed by atoms with Gasteiger partial charge < -0.3 is 19.3 Å². The number of nitrogens with zero attached hydrogens (tertiary/aromatic N) is 2. The van der Waals surface area contributed by atoms with Crippen LogP contribution in [0.4, 0.5) is 11.4 Å². The molecule has 2 aromatic carbocycles. The molecule has 142 valence electrons. The smallest absolute Gasteiger partial charge is 0.231 e. The van der Waals surface area contributed by atoms with Crippen LogP contribution in [-0.2, 0) is 9.59 Å². The molecule has 2 aromatic rings. The first-order chi connectivity index (χ1) is 13.1. The summed E-state index contributed by atoms with van der Waals surface area (Å²) in [5.74, 6) is 1.24. The molecule has 0 saturated carbocycles. The lowest BCUT2D eigenvalue weighted by atomic mass is 10.1. The van der Waals surface area contributed by atoms with Gasteiger partial charge in [0, 0.05) is 19.2 Å². The van der Waals surface area contributed by atoms with Gasteiger partial charge in [0.05, 0.1) is 31.0 Å². The average molecular weight is 368 g/mol. The molecule has 1 unspecified atom stereocenters. The van der Waals surface area contributed by atoms with Crippen molar-refractivity contribution in [2.24, 2.45) is 5.92 Å². The van der Waals surface area contributed by atoms with Crippen LogP contribution in [0.1, 0.15) is 13.3 Å². The Kier molecular flexibility index (Phi) is 5.96. The number of carbonyl (C=O) groups is 2. The normalized spacial score (nSPS) is 16.5. The molecule has 0 bridgehead atoms. The maximum Gasteiger partial charge on any atom is 0.231 e. The fraction of sp³-hybridized carbons (Fsp3) is 0.333. The summed E-state index contributed by atoms with van der Waals surface area (Å²) < 4.78 is 11.0. The van der Waals surface area contributed by atoms with Gasteiger partial charge in [-0.15, -0.1) is 0 Å². The number of fused-ring (bicyclic) bond motifs is 1. The number of para-hydroxylation sites is 2. The van der Waals surface area contributed by atoms with Crippen LogP contribution in [0.3, 0.4) is 0 Å². The number of amides is 2. The van der Waals surface area contributed by atoms with Gasteiger partial charge in [-0.1, -0.05) is 25.1 Å². The summed E-state index contributed by atoms with van der Waals surface area (Å²) in [4.78, 5) is 27.7. The Morgan fingerprint density at radius 1 is 1.11 bits per heavy atom. The molecule has 0 saturated heterocycles. The Hall–Kier alpha value is -3.02. The minimum absolute atomic E-state index is 0.0215. The number of hydrogen-bond acceptors (Lipinski definition) is 4. The van der Waals surface area contributed by atoms with E-state index in [9.17, 15) is 9.59 Å². The summed E-state index contributed by atoms with van der Waals surface area (Å²) in [5.41, 5.74) is 1.53. The van der Waals surface area contributed by atoms with Crippen molar-refractivity contribution in [2.75, 3.05) is 36.6 Å². The Labute approximate surface area is 159 Å². The highest BCUT2D eigenvalue weighted by molar-refractivity contribution is 6.02. The third-order valence-electron chi connectivity index (χ3n) is 4.60. The molecule has 27 heavy (non-hydrogen) atoms. The van der Waals surface area contributed by atoms with Crippen LogP contribution in [0.2, 0.25) is 0 Å². The number of carbonyl (C=O) groups excluding carboxylic acids is 2. The number of ether oxygens (including phenoxy) is 2. The summed E-state index contributed by atoms with van der Waals surface area (Å²) in [6.45, 7) is 3.24. The van der Waals surface area contributed by atoms with Crippen LogP contribution < -0.4 is 19.3 Å². The van der Waals surface area contributed by atoms with Gasteiger partial charge in [-0.2, -0.15) is 0 Å². The molecule has 0 aromatic heterocycles. The number of benzene rings is 2. The topological polar surface area (TPSA) is 59.1 Å². The maximum absolute atomic E-state index is 12.8. The number of rotatable bonds is 7. The van der Waals surface area contributed by atoms with Gasteiger partial charge in [-0.05, 0) is 30.7 Å². The summed E-state index contributed by atoms with van der Waals surface area (Å²) in [6, 6.07) is 14.9. The molecule has 2 amide bonds. The molecular weight excluding hydrogens is 344 g/mol. The fourth-order valence-corrected chi connectivity index (χ4v) is 3.23. The van der Waals surface area contributed by atoms with Crippen LogP contribution in [0, 0.1) is 5.92 Å². The summed E-state index contributed by atoms with van der Waals surface area (Å²) >= 11 is 0. The third-order valence-corrected chi connectivity index (χ3v) is 4.60. The summed E-state index contributed by atoms with van der Waals surface area (Å²) in [7, 11) is 1.62. The van der Waals surface area contributed by atoms with E-state index in [4.69, 9.17) is 9.47 Å². The Balaban J connectivity index is 1.68. The van der Waals surface area contributed by atoms with Crippen molar-refractivity contribution in [3.63, 3.8) is 0 Å². The second kappa shape index (κ2) is 8.58. The number of methoxy groups -OCH3 is 1. The molecule has 6 heteroatoms. The highest BCUT2D eigenvalue weighted by atomic mass is 16.5. The highest BCUT2D eigenvalue weighted by Gasteiger charge is 2.30. The third kappa shape index (κ3) is 4.22. The SMILES string of the molecule is COc1cccc(OCCCN2C(=O)C(C)CN(C=O)c3ccccc32)c1. The van der Waals surface area contributed by atoms with Crippen molar-refractivity contribution < 1.29 is 19.1 Å².